The Labute approximate surface area is 149 Å². The third-order valence-corrected chi connectivity index (χ3v) is 4.60. The summed E-state index contributed by atoms with van der Waals surface area (Å²) in [6.45, 7) is 0.711. The van der Waals surface area contributed by atoms with Crippen molar-refractivity contribution in [1.82, 2.24) is 14.7 Å². The van der Waals surface area contributed by atoms with Crippen LogP contribution in [0.2, 0.25) is 0 Å². The number of rotatable bonds is 6. The van der Waals surface area contributed by atoms with Crippen molar-refractivity contribution in [2.24, 2.45) is 5.92 Å². The number of carboxylic acid groups (broad SMARTS) is 1. The minimum Gasteiger partial charge on any atom is -0.481 e. The fourth-order valence-corrected chi connectivity index (χ4v) is 3.23. The number of carbonyl (C=O) groups excluding carboxylic acids is 1. The summed E-state index contributed by atoms with van der Waals surface area (Å²) in [6.07, 6.45) is 2.50. The molecule has 0 aliphatic carbocycles. The number of aryl methyl sites for hydroxylation is 1. The number of hydrogen-bond donors (Lipinski definition) is 1. The summed E-state index contributed by atoms with van der Waals surface area (Å²) in [6, 6.07) is 9.31. The molecule has 2 heterocycles. The fraction of sp³-hybridized carbons (Fsp3) is 0.353. The van der Waals surface area contributed by atoms with Crippen molar-refractivity contribution in [3.05, 3.63) is 58.4 Å². The lowest BCUT2D eigenvalue weighted by molar-refractivity contribution is -0.385. The van der Waals surface area contributed by atoms with E-state index in [9.17, 15) is 24.8 Å². The van der Waals surface area contributed by atoms with Gasteiger partial charge in [0.05, 0.1) is 10.8 Å². The van der Waals surface area contributed by atoms with E-state index in [1.54, 1.807) is 4.90 Å². The summed E-state index contributed by atoms with van der Waals surface area (Å²) < 4.78 is 1.34. The molecule has 1 amide bonds. The molecule has 0 saturated carbocycles. The van der Waals surface area contributed by atoms with E-state index in [-0.39, 0.29) is 37.0 Å². The van der Waals surface area contributed by atoms with Crippen molar-refractivity contribution in [3.63, 3.8) is 0 Å². The number of hydrogen-bond acceptors (Lipinski definition) is 5. The largest absolute Gasteiger partial charge is 0.481 e. The summed E-state index contributed by atoms with van der Waals surface area (Å²) >= 11 is 0. The molecular weight excluding hydrogens is 340 g/mol. The van der Waals surface area contributed by atoms with Gasteiger partial charge in [-0.05, 0) is 5.56 Å². The summed E-state index contributed by atoms with van der Waals surface area (Å²) in [5, 5.41) is 24.0. The molecule has 0 unspecified atom stereocenters. The highest BCUT2D eigenvalue weighted by atomic mass is 16.6. The van der Waals surface area contributed by atoms with Crippen LogP contribution in [-0.2, 0) is 16.1 Å². The van der Waals surface area contributed by atoms with E-state index in [1.807, 2.05) is 30.3 Å². The van der Waals surface area contributed by atoms with Gasteiger partial charge in [-0.2, -0.15) is 5.10 Å². The van der Waals surface area contributed by atoms with Crippen LogP contribution in [0.15, 0.2) is 42.7 Å². The van der Waals surface area contributed by atoms with Gasteiger partial charge in [-0.3, -0.25) is 24.4 Å². The first-order valence-electron chi connectivity index (χ1n) is 8.18. The van der Waals surface area contributed by atoms with Crippen molar-refractivity contribution in [2.75, 3.05) is 13.1 Å². The average molecular weight is 358 g/mol. The molecule has 9 nitrogen and oxygen atoms in total. The Hall–Kier alpha value is -3.23. The van der Waals surface area contributed by atoms with E-state index in [2.05, 4.69) is 5.10 Å². The lowest BCUT2D eigenvalue weighted by atomic mass is 9.89. The van der Waals surface area contributed by atoms with Crippen LogP contribution in [0, 0.1) is 16.0 Å². The predicted octanol–water partition coefficient (Wildman–Crippen LogP) is 1.51. The van der Waals surface area contributed by atoms with Gasteiger partial charge in [0.25, 0.3) is 0 Å². The first-order chi connectivity index (χ1) is 12.5. The molecule has 9 heteroatoms. The van der Waals surface area contributed by atoms with Crippen LogP contribution in [0.25, 0.3) is 0 Å². The first kappa shape index (κ1) is 17.6. The smallest absolute Gasteiger partial charge is 0.308 e. The van der Waals surface area contributed by atoms with Gasteiger partial charge < -0.3 is 10.0 Å². The highest BCUT2D eigenvalue weighted by molar-refractivity contribution is 5.79. The Morgan fingerprint density at radius 2 is 2.00 bits per heavy atom. The van der Waals surface area contributed by atoms with E-state index in [1.165, 1.54) is 10.9 Å². The van der Waals surface area contributed by atoms with Gasteiger partial charge in [0, 0.05) is 32.0 Å². The van der Waals surface area contributed by atoms with Gasteiger partial charge in [-0.1, -0.05) is 30.3 Å². The second kappa shape index (κ2) is 7.34. The molecular formula is C17H18N4O5. The zero-order valence-electron chi connectivity index (χ0n) is 13.9. The Bertz CT molecular complexity index is 820. The number of nitrogens with zero attached hydrogens (tertiary/aromatic N) is 4. The Morgan fingerprint density at radius 3 is 2.62 bits per heavy atom. The highest BCUT2D eigenvalue weighted by Gasteiger charge is 2.40. The predicted molar refractivity (Wildman–Crippen MR) is 90.4 cm³/mol. The Kier molecular flexibility index (Phi) is 4.97. The molecule has 26 heavy (non-hydrogen) atoms. The van der Waals surface area contributed by atoms with Gasteiger partial charge in [0.2, 0.25) is 5.91 Å². The van der Waals surface area contributed by atoms with Crippen molar-refractivity contribution in [3.8, 4) is 0 Å². The number of carbonyl (C=O) groups is 2. The van der Waals surface area contributed by atoms with Crippen LogP contribution in [0.3, 0.4) is 0 Å². The third-order valence-electron chi connectivity index (χ3n) is 4.60. The minimum absolute atomic E-state index is 0.104. The van der Waals surface area contributed by atoms with Gasteiger partial charge in [-0.15, -0.1) is 0 Å². The van der Waals surface area contributed by atoms with E-state index >= 15 is 0 Å². The second-order valence-corrected chi connectivity index (χ2v) is 6.23. The van der Waals surface area contributed by atoms with Crippen LogP contribution in [0.4, 0.5) is 5.69 Å². The molecule has 1 fully saturated rings. The number of benzene rings is 1. The lowest BCUT2D eigenvalue weighted by Crippen LogP contribution is -2.30. The molecule has 2 aromatic rings. The summed E-state index contributed by atoms with van der Waals surface area (Å²) in [7, 11) is 0. The number of carboxylic acids is 1. The van der Waals surface area contributed by atoms with Crippen molar-refractivity contribution in [2.45, 2.75) is 18.9 Å². The summed E-state index contributed by atoms with van der Waals surface area (Å²) in [4.78, 5) is 35.7. The SMILES string of the molecule is O=C(O)[C@@H]1CN(C(=O)CCn2cc([N+](=O)[O-])cn2)C[C@@H]1c1ccccc1. The zero-order chi connectivity index (χ0) is 18.7. The van der Waals surface area contributed by atoms with Crippen LogP contribution in [0.1, 0.15) is 17.9 Å². The lowest BCUT2D eigenvalue weighted by Gasteiger charge is -2.16. The third kappa shape index (κ3) is 3.71. The monoisotopic (exact) mass is 358 g/mol. The van der Waals surface area contributed by atoms with E-state index in [4.69, 9.17) is 0 Å². The molecule has 0 spiro atoms. The molecule has 1 aromatic heterocycles. The second-order valence-electron chi connectivity index (χ2n) is 6.23. The number of aliphatic carboxylic acids is 1. The average Bonchev–Trinajstić information content (AvgIpc) is 3.28. The minimum atomic E-state index is -0.920. The molecule has 1 N–H and O–H groups in total. The number of aromatic nitrogens is 2. The molecule has 0 radical (unpaired) electrons. The van der Waals surface area contributed by atoms with Crippen LogP contribution >= 0.6 is 0 Å². The van der Waals surface area contributed by atoms with Crippen LogP contribution in [-0.4, -0.2) is 49.7 Å². The Balaban J connectivity index is 1.64. The van der Waals surface area contributed by atoms with Crippen molar-refractivity contribution >= 4 is 17.6 Å². The maximum absolute atomic E-state index is 12.5. The van der Waals surface area contributed by atoms with Crippen molar-refractivity contribution in [1.29, 1.82) is 0 Å². The maximum Gasteiger partial charge on any atom is 0.308 e. The first-order valence-corrected chi connectivity index (χ1v) is 8.18. The van der Waals surface area contributed by atoms with E-state index in [0.29, 0.717) is 6.54 Å². The standard InChI is InChI=1S/C17H18N4O5/c22-16(6-7-20-9-13(8-18-20)21(25)26)19-10-14(15(11-19)17(23)24)12-4-2-1-3-5-12/h1-5,8-9,14-15H,6-7,10-11H2,(H,23,24)/t14-,15-/m1/s1. The number of amides is 1. The number of likely N-dealkylation sites (tertiary alicyclic amines) is 1. The van der Waals surface area contributed by atoms with Crippen LogP contribution < -0.4 is 0 Å². The van der Waals surface area contributed by atoms with Crippen molar-refractivity contribution < 1.29 is 19.6 Å². The van der Waals surface area contributed by atoms with Gasteiger partial charge in [0.1, 0.15) is 12.4 Å². The van der Waals surface area contributed by atoms with Gasteiger partial charge in [-0.25, -0.2) is 0 Å². The van der Waals surface area contributed by atoms with E-state index < -0.39 is 16.8 Å². The molecule has 0 bridgehead atoms. The molecule has 2 atom stereocenters. The summed E-state index contributed by atoms with van der Waals surface area (Å²) in [5.41, 5.74) is 0.770. The van der Waals surface area contributed by atoms with Crippen LogP contribution in [0.5, 0.6) is 0 Å². The highest BCUT2D eigenvalue weighted by Crippen LogP contribution is 2.33. The molecule has 136 valence electrons. The quantitative estimate of drug-likeness (QED) is 0.617. The fourth-order valence-electron chi connectivity index (χ4n) is 3.23. The maximum atomic E-state index is 12.5. The summed E-state index contributed by atoms with van der Waals surface area (Å²) in [5.74, 6) is -2.00. The molecule has 1 aliphatic heterocycles. The molecule has 1 saturated heterocycles. The van der Waals surface area contributed by atoms with E-state index in [0.717, 1.165) is 11.8 Å². The normalized spacial score (nSPS) is 19.5. The van der Waals surface area contributed by atoms with Gasteiger partial charge >= 0.3 is 11.7 Å². The number of nitro groups is 1. The topological polar surface area (TPSA) is 119 Å². The Morgan fingerprint density at radius 1 is 1.27 bits per heavy atom. The molecule has 1 aliphatic rings. The zero-order valence-corrected chi connectivity index (χ0v) is 13.9. The van der Waals surface area contributed by atoms with Gasteiger partial charge in [0.15, 0.2) is 0 Å². The molecule has 3 rings (SSSR count). The molecule has 1 aromatic carbocycles.